The van der Waals surface area contributed by atoms with Gasteiger partial charge in [0.15, 0.2) is 5.96 Å². The predicted molar refractivity (Wildman–Crippen MR) is 95.9 cm³/mol. The van der Waals surface area contributed by atoms with Crippen LogP contribution in [0.1, 0.15) is 29.7 Å². The van der Waals surface area contributed by atoms with Crippen molar-refractivity contribution in [3.8, 4) is 5.75 Å². The summed E-state index contributed by atoms with van der Waals surface area (Å²) in [5.41, 5.74) is 2.61. The molecule has 0 spiro atoms. The minimum Gasteiger partial charge on any atom is -0.497 e. The summed E-state index contributed by atoms with van der Waals surface area (Å²) in [7, 11) is 3.36. The van der Waals surface area contributed by atoms with Gasteiger partial charge < -0.3 is 15.4 Å². The van der Waals surface area contributed by atoms with Crippen molar-refractivity contribution in [3.05, 3.63) is 65.0 Å². The Morgan fingerprint density at radius 2 is 2.04 bits per heavy atom. The molecule has 0 bridgehead atoms. The lowest BCUT2D eigenvalue weighted by Crippen LogP contribution is -2.38. The fourth-order valence-corrected chi connectivity index (χ4v) is 2.33. The van der Waals surface area contributed by atoms with Gasteiger partial charge in [0.05, 0.1) is 13.2 Å². The molecule has 0 aromatic heterocycles. The molecule has 1 atom stereocenters. The highest BCUT2D eigenvalue weighted by molar-refractivity contribution is 5.80. The molecule has 0 saturated carbocycles. The zero-order valence-electron chi connectivity index (χ0n) is 14.6. The Hall–Kier alpha value is -2.56. The summed E-state index contributed by atoms with van der Waals surface area (Å²) < 4.78 is 18.9. The first-order valence-corrected chi connectivity index (χ1v) is 7.89. The van der Waals surface area contributed by atoms with Crippen molar-refractivity contribution < 1.29 is 9.13 Å². The smallest absolute Gasteiger partial charge is 0.191 e. The number of rotatable bonds is 5. The van der Waals surface area contributed by atoms with Gasteiger partial charge in [-0.3, -0.25) is 4.99 Å². The summed E-state index contributed by atoms with van der Waals surface area (Å²) >= 11 is 0. The molecule has 0 heterocycles. The Morgan fingerprint density at radius 3 is 2.71 bits per heavy atom. The molecule has 4 nitrogen and oxygen atoms in total. The molecule has 0 aliphatic carbocycles. The normalized spacial score (nSPS) is 12.6. The van der Waals surface area contributed by atoms with Gasteiger partial charge >= 0.3 is 0 Å². The first-order valence-electron chi connectivity index (χ1n) is 7.89. The fraction of sp³-hybridized carbons (Fsp3) is 0.316. The van der Waals surface area contributed by atoms with E-state index in [0.717, 1.165) is 16.9 Å². The Labute approximate surface area is 142 Å². The minimum atomic E-state index is -0.194. The fourth-order valence-electron chi connectivity index (χ4n) is 2.33. The van der Waals surface area contributed by atoms with Crippen molar-refractivity contribution in [2.24, 2.45) is 4.99 Å². The number of methoxy groups -OCH3 is 1. The molecular weight excluding hydrogens is 305 g/mol. The standard InChI is InChI=1S/C19H24FN3O/c1-13-8-9-16(11-18(13)20)14(2)23-19(21-3)22-12-15-6-5-7-17(10-15)24-4/h5-11,14H,12H2,1-4H3,(H2,21,22,23). The number of nitrogens with one attached hydrogen (secondary N) is 2. The van der Waals surface area contributed by atoms with Gasteiger partial charge in [-0.2, -0.15) is 0 Å². The molecule has 0 aliphatic rings. The topological polar surface area (TPSA) is 45.7 Å². The largest absolute Gasteiger partial charge is 0.497 e. The Morgan fingerprint density at radius 1 is 1.25 bits per heavy atom. The number of halogens is 1. The Balaban J connectivity index is 1.97. The molecule has 0 saturated heterocycles. The van der Waals surface area contributed by atoms with Crippen LogP contribution < -0.4 is 15.4 Å². The van der Waals surface area contributed by atoms with Crippen molar-refractivity contribution in [1.29, 1.82) is 0 Å². The second-order valence-electron chi connectivity index (χ2n) is 5.65. The maximum Gasteiger partial charge on any atom is 0.191 e. The first-order chi connectivity index (χ1) is 11.5. The zero-order valence-corrected chi connectivity index (χ0v) is 14.6. The van der Waals surface area contributed by atoms with E-state index in [0.29, 0.717) is 18.1 Å². The van der Waals surface area contributed by atoms with E-state index < -0.39 is 0 Å². The number of ether oxygens (including phenoxy) is 1. The lowest BCUT2D eigenvalue weighted by Gasteiger charge is -2.19. The van der Waals surface area contributed by atoms with E-state index in [2.05, 4.69) is 15.6 Å². The van der Waals surface area contributed by atoms with Crippen LogP contribution in [0.25, 0.3) is 0 Å². The summed E-state index contributed by atoms with van der Waals surface area (Å²) in [5, 5.41) is 6.52. The third-order valence-electron chi connectivity index (χ3n) is 3.87. The summed E-state index contributed by atoms with van der Waals surface area (Å²) in [6.07, 6.45) is 0. The Kier molecular flexibility index (Phi) is 6.18. The Bertz CT molecular complexity index is 716. The predicted octanol–water partition coefficient (Wildman–Crippen LogP) is 3.57. The van der Waals surface area contributed by atoms with Crippen molar-refractivity contribution in [3.63, 3.8) is 0 Å². The number of guanidine groups is 1. The summed E-state index contributed by atoms with van der Waals surface area (Å²) in [6.45, 7) is 4.35. The van der Waals surface area contributed by atoms with Crippen molar-refractivity contribution in [1.82, 2.24) is 10.6 Å². The second-order valence-corrected chi connectivity index (χ2v) is 5.65. The number of benzene rings is 2. The summed E-state index contributed by atoms with van der Waals surface area (Å²) in [5.74, 6) is 1.28. The lowest BCUT2D eigenvalue weighted by atomic mass is 10.1. The van der Waals surface area contributed by atoms with E-state index in [1.807, 2.05) is 37.3 Å². The molecule has 2 N–H and O–H groups in total. The molecule has 0 fully saturated rings. The molecule has 0 amide bonds. The highest BCUT2D eigenvalue weighted by Gasteiger charge is 2.09. The van der Waals surface area contributed by atoms with E-state index in [1.54, 1.807) is 33.2 Å². The number of nitrogens with zero attached hydrogens (tertiary/aromatic N) is 1. The lowest BCUT2D eigenvalue weighted by molar-refractivity contribution is 0.414. The van der Waals surface area contributed by atoms with Crippen molar-refractivity contribution >= 4 is 5.96 Å². The summed E-state index contributed by atoms with van der Waals surface area (Å²) in [6, 6.07) is 13.1. The summed E-state index contributed by atoms with van der Waals surface area (Å²) in [4.78, 5) is 4.22. The van der Waals surface area contributed by atoms with E-state index in [4.69, 9.17) is 4.74 Å². The SMILES string of the molecule is CN=C(NCc1cccc(OC)c1)NC(C)c1ccc(C)c(F)c1. The van der Waals surface area contributed by atoms with Crippen LogP contribution in [0.5, 0.6) is 5.75 Å². The van der Waals surface area contributed by atoms with Gasteiger partial charge in [-0.25, -0.2) is 4.39 Å². The van der Waals surface area contributed by atoms with Crippen LogP contribution in [-0.2, 0) is 6.54 Å². The number of aryl methyl sites for hydroxylation is 1. The van der Waals surface area contributed by atoms with Crippen LogP contribution in [0.2, 0.25) is 0 Å². The van der Waals surface area contributed by atoms with Gasteiger partial charge in [-0.05, 0) is 48.7 Å². The van der Waals surface area contributed by atoms with Gasteiger partial charge in [0.25, 0.3) is 0 Å². The molecule has 24 heavy (non-hydrogen) atoms. The number of hydrogen-bond acceptors (Lipinski definition) is 2. The van der Waals surface area contributed by atoms with Crippen LogP contribution in [0, 0.1) is 12.7 Å². The quantitative estimate of drug-likeness (QED) is 0.651. The monoisotopic (exact) mass is 329 g/mol. The van der Waals surface area contributed by atoms with Crippen LogP contribution in [0.4, 0.5) is 4.39 Å². The van der Waals surface area contributed by atoms with Gasteiger partial charge in [0.2, 0.25) is 0 Å². The van der Waals surface area contributed by atoms with Crippen LogP contribution in [0.15, 0.2) is 47.5 Å². The van der Waals surface area contributed by atoms with Gasteiger partial charge in [-0.1, -0.05) is 24.3 Å². The molecule has 2 rings (SSSR count). The van der Waals surface area contributed by atoms with E-state index in [1.165, 1.54) is 0 Å². The van der Waals surface area contributed by atoms with Gasteiger partial charge in [-0.15, -0.1) is 0 Å². The molecule has 128 valence electrons. The highest BCUT2D eigenvalue weighted by atomic mass is 19.1. The molecule has 0 aliphatic heterocycles. The van der Waals surface area contributed by atoms with E-state index in [-0.39, 0.29) is 11.9 Å². The molecule has 0 radical (unpaired) electrons. The van der Waals surface area contributed by atoms with Crippen molar-refractivity contribution in [2.45, 2.75) is 26.4 Å². The number of aliphatic imine (C=N–C) groups is 1. The zero-order chi connectivity index (χ0) is 17.5. The van der Waals surface area contributed by atoms with E-state index >= 15 is 0 Å². The third kappa shape index (κ3) is 4.72. The number of hydrogen-bond donors (Lipinski definition) is 2. The maximum atomic E-state index is 13.7. The average Bonchev–Trinajstić information content (AvgIpc) is 2.60. The van der Waals surface area contributed by atoms with Crippen molar-refractivity contribution in [2.75, 3.05) is 14.2 Å². The first kappa shape index (κ1) is 17.8. The molecular formula is C19H24FN3O. The minimum absolute atomic E-state index is 0.0587. The molecule has 2 aromatic carbocycles. The van der Waals surface area contributed by atoms with Crippen LogP contribution in [-0.4, -0.2) is 20.1 Å². The second kappa shape index (κ2) is 8.34. The highest BCUT2D eigenvalue weighted by Crippen LogP contribution is 2.16. The van der Waals surface area contributed by atoms with Crippen LogP contribution >= 0.6 is 0 Å². The van der Waals surface area contributed by atoms with Gasteiger partial charge in [0, 0.05) is 13.6 Å². The van der Waals surface area contributed by atoms with E-state index in [9.17, 15) is 4.39 Å². The maximum absolute atomic E-state index is 13.7. The van der Waals surface area contributed by atoms with Gasteiger partial charge in [0.1, 0.15) is 11.6 Å². The van der Waals surface area contributed by atoms with Crippen LogP contribution in [0.3, 0.4) is 0 Å². The molecule has 1 unspecified atom stereocenters. The average molecular weight is 329 g/mol. The molecule has 2 aromatic rings. The molecule has 5 heteroatoms. The third-order valence-corrected chi connectivity index (χ3v) is 3.87.